The van der Waals surface area contributed by atoms with Crippen molar-refractivity contribution in [1.29, 1.82) is 0 Å². The maximum Gasteiger partial charge on any atom is 0.331 e. The van der Waals surface area contributed by atoms with Gasteiger partial charge in [-0.1, -0.05) is 6.07 Å². The number of nitrogens with one attached hydrogen (secondary N) is 1. The Labute approximate surface area is 173 Å². The highest BCUT2D eigenvalue weighted by atomic mass is 16.6. The smallest absolute Gasteiger partial charge is 0.331 e. The van der Waals surface area contributed by atoms with Gasteiger partial charge in [-0.3, -0.25) is 9.59 Å². The summed E-state index contributed by atoms with van der Waals surface area (Å²) < 4.78 is 21.0. The summed E-state index contributed by atoms with van der Waals surface area (Å²) in [5.74, 6) is 0.350. The van der Waals surface area contributed by atoms with Crippen LogP contribution in [0.25, 0.3) is 6.08 Å². The van der Waals surface area contributed by atoms with E-state index < -0.39 is 18.5 Å². The van der Waals surface area contributed by atoms with Gasteiger partial charge in [-0.2, -0.15) is 0 Å². The Balaban J connectivity index is 1.39. The Morgan fingerprint density at radius 2 is 1.97 bits per heavy atom. The van der Waals surface area contributed by atoms with Gasteiger partial charge in [-0.25, -0.2) is 4.79 Å². The molecule has 1 aromatic carbocycles. The predicted molar refractivity (Wildman–Crippen MR) is 106 cm³/mol. The second kappa shape index (κ2) is 10.1. The minimum absolute atomic E-state index is 0.163. The largest absolute Gasteiger partial charge is 0.486 e. The van der Waals surface area contributed by atoms with Crippen LogP contribution in [0.15, 0.2) is 47.1 Å². The molecule has 0 aliphatic carbocycles. The third-order valence-corrected chi connectivity index (χ3v) is 4.16. The van der Waals surface area contributed by atoms with Crippen molar-refractivity contribution < 1.29 is 33.0 Å². The quantitative estimate of drug-likeness (QED) is 0.514. The molecule has 0 saturated carbocycles. The first-order valence-corrected chi connectivity index (χ1v) is 9.29. The molecule has 1 aromatic heterocycles. The molecule has 0 atom stereocenters. The standard InChI is InChI=1S/C21H22N2O7/c1-23(13-19(24)22-12-16-3-2-8-27-16)20(25)14-30-21(26)7-5-15-4-6-17-18(11-15)29-10-9-28-17/h2-8,11H,9-10,12-14H2,1H3,(H,22,24)/b7-5+. The van der Waals surface area contributed by atoms with E-state index >= 15 is 0 Å². The minimum atomic E-state index is -0.672. The normalized spacial score (nSPS) is 12.4. The van der Waals surface area contributed by atoms with Crippen LogP contribution in [0.4, 0.5) is 0 Å². The van der Waals surface area contributed by atoms with E-state index in [4.69, 9.17) is 18.6 Å². The Morgan fingerprint density at radius 3 is 2.73 bits per heavy atom. The summed E-state index contributed by atoms with van der Waals surface area (Å²) in [6.45, 7) is 0.575. The van der Waals surface area contributed by atoms with Gasteiger partial charge in [0.15, 0.2) is 18.1 Å². The van der Waals surface area contributed by atoms with E-state index in [9.17, 15) is 14.4 Å². The number of nitrogens with zero attached hydrogens (tertiary/aromatic N) is 1. The summed E-state index contributed by atoms with van der Waals surface area (Å²) in [5.41, 5.74) is 0.730. The van der Waals surface area contributed by atoms with Crippen molar-refractivity contribution >= 4 is 23.9 Å². The Kier molecular flexibility index (Phi) is 7.09. The molecule has 2 aromatic rings. The fourth-order valence-corrected chi connectivity index (χ4v) is 2.58. The van der Waals surface area contributed by atoms with Crippen LogP contribution in [0, 0.1) is 0 Å². The fourth-order valence-electron chi connectivity index (χ4n) is 2.58. The van der Waals surface area contributed by atoms with E-state index in [0.29, 0.717) is 30.5 Å². The second-order valence-corrected chi connectivity index (χ2v) is 6.45. The van der Waals surface area contributed by atoms with Crippen molar-refractivity contribution in [2.45, 2.75) is 6.54 Å². The number of hydrogen-bond acceptors (Lipinski definition) is 7. The Bertz CT molecular complexity index is 921. The minimum Gasteiger partial charge on any atom is -0.486 e. The second-order valence-electron chi connectivity index (χ2n) is 6.45. The van der Waals surface area contributed by atoms with E-state index in [1.54, 1.807) is 36.4 Å². The molecule has 1 aliphatic heterocycles. The topological polar surface area (TPSA) is 107 Å². The number of carbonyl (C=O) groups excluding carboxylic acids is 3. The van der Waals surface area contributed by atoms with Gasteiger partial charge in [-0.05, 0) is 35.9 Å². The SMILES string of the molecule is CN(CC(=O)NCc1ccco1)C(=O)COC(=O)/C=C/c1ccc2c(c1)OCCO2. The van der Waals surface area contributed by atoms with E-state index in [1.807, 2.05) is 0 Å². The Morgan fingerprint density at radius 1 is 1.17 bits per heavy atom. The zero-order valence-electron chi connectivity index (χ0n) is 16.5. The zero-order valence-corrected chi connectivity index (χ0v) is 16.5. The zero-order chi connectivity index (χ0) is 21.3. The molecule has 158 valence electrons. The van der Waals surface area contributed by atoms with Gasteiger partial charge in [-0.15, -0.1) is 0 Å². The summed E-state index contributed by atoms with van der Waals surface area (Å²) in [6.07, 6.45) is 4.28. The van der Waals surface area contributed by atoms with Crippen molar-refractivity contribution in [3.8, 4) is 11.5 Å². The highest BCUT2D eigenvalue weighted by molar-refractivity contribution is 5.90. The monoisotopic (exact) mass is 414 g/mol. The lowest BCUT2D eigenvalue weighted by Gasteiger charge is -2.18. The van der Waals surface area contributed by atoms with Crippen molar-refractivity contribution in [3.05, 3.63) is 54.0 Å². The maximum atomic E-state index is 12.0. The predicted octanol–water partition coefficient (Wildman–Crippen LogP) is 1.38. The average Bonchev–Trinajstić information content (AvgIpc) is 3.28. The molecule has 1 aliphatic rings. The highest BCUT2D eigenvalue weighted by Crippen LogP contribution is 2.31. The molecular weight excluding hydrogens is 392 g/mol. The van der Waals surface area contributed by atoms with Gasteiger partial charge in [0, 0.05) is 13.1 Å². The van der Waals surface area contributed by atoms with Crippen molar-refractivity contribution in [1.82, 2.24) is 10.2 Å². The van der Waals surface area contributed by atoms with Gasteiger partial charge in [0.2, 0.25) is 5.91 Å². The number of likely N-dealkylation sites (N-methyl/N-ethyl adjacent to an activating group) is 1. The first kappa shape index (κ1) is 21.0. The molecule has 9 heteroatoms. The lowest BCUT2D eigenvalue weighted by atomic mass is 10.2. The molecule has 2 heterocycles. The number of carbonyl (C=O) groups is 3. The van der Waals surface area contributed by atoms with E-state index in [1.165, 1.54) is 24.3 Å². The maximum absolute atomic E-state index is 12.0. The number of amides is 2. The summed E-state index contributed by atoms with van der Waals surface area (Å²) in [6, 6.07) is 8.73. The molecule has 9 nitrogen and oxygen atoms in total. The molecule has 2 amide bonds. The molecular formula is C21H22N2O7. The molecule has 0 bridgehead atoms. The van der Waals surface area contributed by atoms with Crippen LogP contribution < -0.4 is 14.8 Å². The van der Waals surface area contributed by atoms with Crippen LogP contribution in [0.1, 0.15) is 11.3 Å². The van der Waals surface area contributed by atoms with Crippen LogP contribution in [-0.2, 0) is 25.7 Å². The highest BCUT2D eigenvalue weighted by Gasteiger charge is 2.15. The molecule has 1 N–H and O–H groups in total. The lowest BCUT2D eigenvalue weighted by molar-refractivity contribution is -0.148. The number of ether oxygens (including phenoxy) is 3. The third kappa shape index (κ3) is 6.13. The lowest BCUT2D eigenvalue weighted by Crippen LogP contribution is -2.39. The number of rotatable bonds is 8. The molecule has 3 rings (SSSR count). The van der Waals surface area contributed by atoms with Gasteiger partial charge < -0.3 is 28.8 Å². The summed E-state index contributed by atoms with van der Waals surface area (Å²) >= 11 is 0. The molecule has 0 fully saturated rings. The van der Waals surface area contributed by atoms with Crippen molar-refractivity contribution in [3.63, 3.8) is 0 Å². The van der Waals surface area contributed by atoms with Crippen LogP contribution in [0.5, 0.6) is 11.5 Å². The molecule has 0 saturated heterocycles. The van der Waals surface area contributed by atoms with Gasteiger partial charge >= 0.3 is 5.97 Å². The Hall–Kier alpha value is -3.75. The van der Waals surface area contributed by atoms with E-state index in [2.05, 4.69) is 5.32 Å². The van der Waals surface area contributed by atoms with Crippen molar-refractivity contribution in [2.24, 2.45) is 0 Å². The van der Waals surface area contributed by atoms with Gasteiger partial charge in [0.25, 0.3) is 5.91 Å². The number of hydrogen-bond donors (Lipinski definition) is 1. The summed E-state index contributed by atoms with van der Waals surface area (Å²) in [5, 5.41) is 2.63. The summed E-state index contributed by atoms with van der Waals surface area (Å²) in [4.78, 5) is 37.0. The molecule has 30 heavy (non-hydrogen) atoms. The summed E-state index contributed by atoms with van der Waals surface area (Å²) in [7, 11) is 1.45. The molecule has 0 unspecified atom stereocenters. The van der Waals surface area contributed by atoms with Gasteiger partial charge in [0.1, 0.15) is 19.0 Å². The fraction of sp³-hybridized carbons (Fsp3) is 0.286. The molecule has 0 radical (unpaired) electrons. The van der Waals surface area contributed by atoms with Crippen molar-refractivity contribution in [2.75, 3.05) is 33.4 Å². The first-order valence-electron chi connectivity index (χ1n) is 9.29. The van der Waals surface area contributed by atoms with E-state index in [0.717, 1.165) is 5.56 Å². The third-order valence-electron chi connectivity index (χ3n) is 4.16. The van der Waals surface area contributed by atoms with E-state index in [-0.39, 0.29) is 19.0 Å². The van der Waals surface area contributed by atoms with Crippen LogP contribution in [0.3, 0.4) is 0 Å². The number of furan rings is 1. The van der Waals surface area contributed by atoms with Crippen LogP contribution in [-0.4, -0.2) is 56.1 Å². The number of benzene rings is 1. The average molecular weight is 414 g/mol. The van der Waals surface area contributed by atoms with Crippen LogP contribution in [0.2, 0.25) is 0 Å². The first-order chi connectivity index (χ1) is 14.5. The number of esters is 1. The van der Waals surface area contributed by atoms with Gasteiger partial charge in [0.05, 0.1) is 19.4 Å². The number of fused-ring (bicyclic) bond motifs is 1. The molecule has 0 spiro atoms. The van der Waals surface area contributed by atoms with Crippen LogP contribution >= 0.6 is 0 Å².